The molecule has 1 aromatic rings. The van der Waals surface area contributed by atoms with Crippen LogP contribution in [0.5, 0.6) is 0 Å². The second kappa shape index (κ2) is 3.01. The van der Waals surface area contributed by atoms with Crippen LogP contribution in [0, 0.1) is 0 Å². The van der Waals surface area contributed by atoms with Crippen LogP contribution in [-0.2, 0) is 11.2 Å². The minimum atomic E-state index is -0.329. The number of hydrogen-bond donors (Lipinski definition) is 2. The van der Waals surface area contributed by atoms with Gasteiger partial charge in [0.05, 0.1) is 0 Å². The van der Waals surface area contributed by atoms with E-state index in [4.69, 9.17) is 5.73 Å². The van der Waals surface area contributed by atoms with Crippen LogP contribution in [-0.4, -0.2) is 21.9 Å². The Kier molecular flexibility index (Phi) is 1.84. The van der Waals surface area contributed by atoms with E-state index >= 15 is 0 Å². The molecule has 3 N–H and O–H groups in total. The summed E-state index contributed by atoms with van der Waals surface area (Å²) in [5.41, 5.74) is 6.22. The van der Waals surface area contributed by atoms with Gasteiger partial charge in [-0.3, -0.25) is 4.79 Å². The molecule has 2 rings (SSSR count). The van der Waals surface area contributed by atoms with E-state index in [-0.39, 0.29) is 11.9 Å². The number of fused-ring (bicyclic) bond motifs is 1. The Bertz CT molecular complexity index is 339. The predicted octanol–water partition coefficient (Wildman–Crippen LogP) is -0.311. The van der Waals surface area contributed by atoms with Crippen LogP contribution in [0.25, 0.3) is 0 Å². The zero-order chi connectivity index (χ0) is 9.26. The van der Waals surface area contributed by atoms with Crippen LogP contribution in [0.1, 0.15) is 12.0 Å². The van der Waals surface area contributed by atoms with E-state index in [1.165, 1.54) is 6.33 Å². The quantitative estimate of drug-likeness (QED) is 0.618. The van der Waals surface area contributed by atoms with E-state index in [1.54, 1.807) is 6.20 Å². The van der Waals surface area contributed by atoms with Crippen molar-refractivity contribution in [3.05, 3.63) is 18.1 Å². The molecule has 0 aromatic carbocycles. The molecule has 5 nitrogen and oxygen atoms in total. The lowest BCUT2D eigenvalue weighted by atomic mass is 10.0. The molecule has 13 heavy (non-hydrogen) atoms. The number of amides is 1. The third kappa shape index (κ3) is 1.44. The number of aryl methyl sites for hydroxylation is 1. The molecule has 1 atom stereocenters. The number of nitrogens with one attached hydrogen (secondary N) is 1. The number of carbonyl (C=O) groups is 1. The van der Waals surface area contributed by atoms with Crippen molar-refractivity contribution in [2.75, 3.05) is 5.32 Å². The summed E-state index contributed by atoms with van der Waals surface area (Å²) in [6.45, 7) is 0. The van der Waals surface area contributed by atoms with Crippen LogP contribution >= 0.6 is 0 Å². The first kappa shape index (κ1) is 7.97. The van der Waals surface area contributed by atoms with Crippen LogP contribution in [0.3, 0.4) is 0 Å². The molecule has 68 valence electrons. The Hall–Kier alpha value is -1.65. The number of aromatic nitrogens is 2. The monoisotopic (exact) mass is 178 g/mol. The van der Waals surface area contributed by atoms with Crippen molar-refractivity contribution in [2.24, 2.45) is 5.73 Å². The summed E-state index contributed by atoms with van der Waals surface area (Å²) >= 11 is 0. The molecule has 2 heterocycles. The summed E-state index contributed by atoms with van der Waals surface area (Å²) < 4.78 is 0. The molecule has 1 aliphatic heterocycles. The Morgan fingerprint density at radius 1 is 1.69 bits per heavy atom. The largest absolute Gasteiger partial charge is 0.368 e. The van der Waals surface area contributed by atoms with E-state index in [0.29, 0.717) is 0 Å². The fourth-order valence-electron chi connectivity index (χ4n) is 1.42. The van der Waals surface area contributed by atoms with Gasteiger partial charge in [0.1, 0.15) is 18.2 Å². The predicted molar refractivity (Wildman–Crippen MR) is 47.0 cm³/mol. The average molecular weight is 178 g/mol. The molecular weight excluding hydrogens is 168 g/mol. The standard InChI is InChI=1S/C8H10N4O/c9-7(13)6-2-1-5-3-10-4-11-8(5)12-6/h3-4,6H,1-2H2,(H2,9,13)(H,10,11,12). The molecule has 5 heteroatoms. The van der Waals surface area contributed by atoms with E-state index in [2.05, 4.69) is 15.3 Å². The normalized spacial score (nSPS) is 20.2. The van der Waals surface area contributed by atoms with Gasteiger partial charge >= 0.3 is 0 Å². The Balaban J connectivity index is 2.24. The number of hydrogen-bond acceptors (Lipinski definition) is 4. The fraction of sp³-hybridized carbons (Fsp3) is 0.375. The van der Waals surface area contributed by atoms with Crippen molar-refractivity contribution in [3.8, 4) is 0 Å². The van der Waals surface area contributed by atoms with Crippen molar-refractivity contribution >= 4 is 11.7 Å². The van der Waals surface area contributed by atoms with Gasteiger partial charge < -0.3 is 11.1 Å². The first-order valence-corrected chi connectivity index (χ1v) is 4.12. The highest BCUT2D eigenvalue weighted by Crippen LogP contribution is 2.20. The first-order chi connectivity index (χ1) is 6.27. The molecule has 0 fully saturated rings. The van der Waals surface area contributed by atoms with Gasteiger partial charge in [0.25, 0.3) is 0 Å². The Labute approximate surface area is 75.4 Å². The highest BCUT2D eigenvalue weighted by molar-refractivity contribution is 5.83. The molecule has 1 unspecified atom stereocenters. The first-order valence-electron chi connectivity index (χ1n) is 4.12. The second-order valence-corrected chi connectivity index (χ2v) is 3.03. The lowest BCUT2D eigenvalue weighted by Crippen LogP contribution is -2.38. The van der Waals surface area contributed by atoms with Gasteiger partial charge in [-0.15, -0.1) is 0 Å². The molecule has 0 spiro atoms. The van der Waals surface area contributed by atoms with Gasteiger partial charge in [0.2, 0.25) is 5.91 Å². The summed E-state index contributed by atoms with van der Waals surface area (Å²) in [5.74, 6) is 0.398. The zero-order valence-electron chi connectivity index (χ0n) is 7.03. The third-order valence-electron chi connectivity index (χ3n) is 2.14. The van der Waals surface area contributed by atoms with Crippen LogP contribution in [0.4, 0.5) is 5.82 Å². The van der Waals surface area contributed by atoms with E-state index in [0.717, 1.165) is 24.2 Å². The van der Waals surface area contributed by atoms with Gasteiger partial charge in [0.15, 0.2) is 0 Å². The van der Waals surface area contributed by atoms with Crippen molar-refractivity contribution in [1.82, 2.24) is 9.97 Å². The summed E-state index contributed by atoms with van der Waals surface area (Å²) in [7, 11) is 0. The van der Waals surface area contributed by atoms with Crippen molar-refractivity contribution in [2.45, 2.75) is 18.9 Å². The molecule has 0 saturated heterocycles. The molecule has 0 aliphatic carbocycles. The lowest BCUT2D eigenvalue weighted by Gasteiger charge is -2.22. The smallest absolute Gasteiger partial charge is 0.239 e. The highest BCUT2D eigenvalue weighted by Gasteiger charge is 2.22. The van der Waals surface area contributed by atoms with Gasteiger partial charge in [-0.2, -0.15) is 0 Å². The zero-order valence-corrected chi connectivity index (χ0v) is 7.03. The van der Waals surface area contributed by atoms with Crippen molar-refractivity contribution < 1.29 is 4.79 Å². The molecule has 1 aromatic heterocycles. The molecule has 0 bridgehead atoms. The SMILES string of the molecule is NC(=O)C1CCc2cncnc2N1. The number of nitrogens with two attached hydrogens (primary N) is 1. The molecule has 1 amide bonds. The minimum absolute atomic E-state index is 0.289. The maximum absolute atomic E-state index is 10.9. The number of primary amides is 1. The van der Waals surface area contributed by atoms with Gasteiger partial charge in [-0.1, -0.05) is 0 Å². The minimum Gasteiger partial charge on any atom is -0.368 e. The summed E-state index contributed by atoms with van der Waals surface area (Å²) in [6.07, 6.45) is 4.73. The van der Waals surface area contributed by atoms with Gasteiger partial charge in [0, 0.05) is 11.8 Å². The van der Waals surface area contributed by atoms with E-state index in [9.17, 15) is 4.79 Å². The number of rotatable bonds is 1. The van der Waals surface area contributed by atoms with E-state index in [1.807, 2.05) is 0 Å². The van der Waals surface area contributed by atoms with Crippen LogP contribution in [0.15, 0.2) is 12.5 Å². The highest BCUT2D eigenvalue weighted by atomic mass is 16.1. The lowest BCUT2D eigenvalue weighted by molar-refractivity contribution is -0.118. The van der Waals surface area contributed by atoms with Crippen LogP contribution in [0.2, 0.25) is 0 Å². The van der Waals surface area contributed by atoms with E-state index < -0.39 is 0 Å². The molecule has 0 saturated carbocycles. The Morgan fingerprint density at radius 2 is 2.54 bits per heavy atom. The molecular formula is C8H10N4O. The molecule has 1 aliphatic rings. The van der Waals surface area contributed by atoms with Crippen LogP contribution < -0.4 is 11.1 Å². The topological polar surface area (TPSA) is 80.9 Å². The van der Waals surface area contributed by atoms with Crippen molar-refractivity contribution in [1.29, 1.82) is 0 Å². The second-order valence-electron chi connectivity index (χ2n) is 3.03. The number of carbonyl (C=O) groups excluding carboxylic acids is 1. The maximum Gasteiger partial charge on any atom is 0.239 e. The Morgan fingerprint density at radius 3 is 3.31 bits per heavy atom. The maximum atomic E-state index is 10.9. The van der Waals surface area contributed by atoms with Gasteiger partial charge in [-0.05, 0) is 12.8 Å². The summed E-state index contributed by atoms with van der Waals surface area (Å²) in [4.78, 5) is 18.8. The number of anilines is 1. The fourth-order valence-corrected chi connectivity index (χ4v) is 1.42. The summed E-state index contributed by atoms with van der Waals surface area (Å²) in [6, 6.07) is -0.289. The van der Waals surface area contributed by atoms with Crippen molar-refractivity contribution in [3.63, 3.8) is 0 Å². The molecule has 0 radical (unpaired) electrons. The van der Waals surface area contributed by atoms with Gasteiger partial charge in [-0.25, -0.2) is 9.97 Å². The average Bonchev–Trinajstić information content (AvgIpc) is 2.17. The number of nitrogens with zero attached hydrogens (tertiary/aromatic N) is 2. The third-order valence-corrected chi connectivity index (χ3v) is 2.14. The summed E-state index contributed by atoms with van der Waals surface area (Å²) in [5, 5.41) is 2.97.